The zero-order valence-electron chi connectivity index (χ0n) is 9.06. The van der Waals surface area contributed by atoms with Gasteiger partial charge in [0.1, 0.15) is 0 Å². The lowest BCUT2D eigenvalue weighted by atomic mass is 9.87. The van der Waals surface area contributed by atoms with Crippen LogP contribution in [0.1, 0.15) is 39.5 Å². The van der Waals surface area contributed by atoms with E-state index < -0.39 is 11.9 Å². The fourth-order valence-electron chi connectivity index (χ4n) is 1.88. The summed E-state index contributed by atoms with van der Waals surface area (Å²) in [4.78, 5) is 0. The molecule has 1 atom stereocenters. The average molecular weight is 225 g/mol. The Morgan fingerprint density at radius 3 is 2.00 bits per heavy atom. The molecule has 2 nitrogen and oxygen atoms in total. The fraction of sp³-hybridized carbons (Fsp3) is 1.00. The largest absolute Gasteiger partial charge is 0.430 e. The Kier molecular flexibility index (Phi) is 3.66. The Morgan fingerprint density at radius 2 is 1.60 bits per heavy atom. The van der Waals surface area contributed by atoms with E-state index >= 15 is 0 Å². The minimum absolute atomic E-state index is 0.224. The van der Waals surface area contributed by atoms with E-state index in [0.29, 0.717) is 18.8 Å². The molecule has 0 spiro atoms. The highest BCUT2D eigenvalue weighted by atomic mass is 19.4. The maximum Gasteiger partial charge on any atom is 0.430 e. The van der Waals surface area contributed by atoms with Crippen LogP contribution in [-0.2, 0) is 0 Å². The molecule has 0 amide bonds. The van der Waals surface area contributed by atoms with Gasteiger partial charge in [-0.05, 0) is 38.5 Å². The molecule has 0 aliphatic heterocycles. The molecule has 0 aromatic heterocycles. The highest BCUT2D eigenvalue weighted by molar-refractivity contribution is 4.85. The van der Waals surface area contributed by atoms with Crippen LogP contribution in [0.3, 0.4) is 0 Å². The van der Waals surface area contributed by atoms with Gasteiger partial charge in [-0.2, -0.15) is 13.2 Å². The smallest absolute Gasteiger partial charge is 0.368 e. The van der Waals surface area contributed by atoms with E-state index in [0.717, 1.165) is 19.8 Å². The summed E-state index contributed by atoms with van der Waals surface area (Å²) in [5.41, 5.74) is -2.77. The van der Waals surface area contributed by atoms with Gasteiger partial charge in [0.2, 0.25) is 5.72 Å². The Morgan fingerprint density at radius 1 is 1.13 bits per heavy atom. The quantitative estimate of drug-likeness (QED) is 0.707. The number of nitrogens with one attached hydrogen (secondary N) is 1. The molecule has 1 unspecified atom stereocenters. The molecular formula is C10H18F3NO. The van der Waals surface area contributed by atoms with Gasteiger partial charge in [-0.15, -0.1) is 0 Å². The van der Waals surface area contributed by atoms with E-state index in [2.05, 4.69) is 12.2 Å². The van der Waals surface area contributed by atoms with Crippen LogP contribution in [0.25, 0.3) is 0 Å². The van der Waals surface area contributed by atoms with E-state index in [9.17, 15) is 18.3 Å². The van der Waals surface area contributed by atoms with Crippen molar-refractivity contribution in [3.63, 3.8) is 0 Å². The van der Waals surface area contributed by atoms with E-state index in [1.54, 1.807) is 0 Å². The van der Waals surface area contributed by atoms with Gasteiger partial charge in [0.25, 0.3) is 0 Å². The number of hydrogen-bond acceptors (Lipinski definition) is 2. The lowest BCUT2D eigenvalue weighted by Gasteiger charge is -2.35. The first-order valence-corrected chi connectivity index (χ1v) is 5.29. The molecule has 0 radical (unpaired) electrons. The van der Waals surface area contributed by atoms with Crippen LogP contribution < -0.4 is 5.32 Å². The zero-order chi connectivity index (χ0) is 11.7. The summed E-state index contributed by atoms with van der Waals surface area (Å²) in [7, 11) is 0. The van der Waals surface area contributed by atoms with Gasteiger partial charge in [-0.25, -0.2) is 0 Å². The highest BCUT2D eigenvalue weighted by Gasteiger charge is 2.50. The molecule has 0 saturated heterocycles. The lowest BCUT2D eigenvalue weighted by molar-refractivity contribution is -0.268. The van der Waals surface area contributed by atoms with Crippen LogP contribution in [0.4, 0.5) is 13.2 Å². The summed E-state index contributed by atoms with van der Waals surface area (Å²) < 4.78 is 37.1. The van der Waals surface area contributed by atoms with Gasteiger partial charge in [0.05, 0.1) is 0 Å². The van der Waals surface area contributed by atoms with Crippen LogP contribution in [0.5, 0.6) is 0 Å². The van der Waals surface area contributed by atoms with Crippen molar-refractivity contribution in [3.05, 3.63) is 0 Å². The molecule has 90 valence electrons. The van der Waals surface area contributed by atoms with Crippen molar-refractivity contribution >= 4 is 0 Å². The van der Waals surface area contributed by atoms with Crippen molar-refractivity contribution in [3.8, 4) is 0 Å². The van der Waals surface area contributed by atoms with Crippen LogP contribution in [-0.4, -0.2) is 23.0 Å². The van der Waals surface area contributed by atoms with Crippen molar-refractivity contribution in [2.45, 2.75) is 57.5 Å². The first kappa shape index (κ1) is 12.8. The van der Waals surface area contributed by atoms with Gasteiger partial charge in [0.15, 0.2) is 0 Å². The first-order valence-electron chi connectivity index (χ1n) is 5.29. The van der Waals surface area contributed by atoms with E-state index in [-0.39, 0.29) is 6.04 Å². The number of rotatable bonds is 2. The molecular weight excluding hydrogens is 207 g/mol. The summed E-state index contributed by atoms with van der Waals surface area (Å²) in [6.07, 6.45) is -1.37. The summed E-state index contributed by atoms with van der Waals surface area (Å²) in [5.74, 6) is 0.582. The van der Waals surface area contributed by atoms with Crippen molar-refractivity contribution < 1.29 is 18.3 Å². The Bertz CT molecular complexity index is 207. The fourth-order valence-corrected chi connectivity index (χ4v) is 1.88. The number of aliphatic hydroxyl groups is 1. The van der Waals surface area contributed by atoms with Gasteiger partial charge in [0, 0.05) is 6.04 Å². The molecule has 0 bridgehead atoms. The van der Waals surface area contributed by atoms with Gasteiger partial charge < -0.3 is 5.11 Å². The predicted molar refractivity (Wildman–Crippen MR) is 51.2 cm³/mol. The van der Waals surface area contributed by atoms with Crippen molar-refractivity contribution in [1.82, 2.24) is 5.32 Å². The Balaban J connectivity index is 2.48. The minimum Gasteiger partial charge on any atom is -0.368 e. The second kappa shape index (κ2) is 4.29. The predicted octanol–water partition coefficient (Wildman–Crippen LogP) is 2.43. The standard InChI is InChI=1S/C10H18F3NO/c1-7-3-5-8(6-4-7)14-9(2,15)10(11,12)13/h7-8,14-15H,3-6H2,1-2H3. The molecule has 15 heavy (non-hydrogen) atoms. The van der Waals surface area contributed by atoms with E-state index in [1.165, 1.54) is 0 Å². The molecule has 1 aliphatic carbocycles. The molecule has 1 aliphatic rings. The molecule has 2 N–H and O–H groups in total. The second-order valence-electron chi connectivity index (χ2n) is 4.67. The third-order valence-electron chi connectivity index (χ3n) is 3.05. The normalized spacial score (nSPS) is 32.4. The van der Waals surface area contributed by atoms with Crippen molar-refractivity contribution in [2.75, 3.05) is 0 Å². The minimum atomic E-state index is -4.62. The Hall–Kier alpha value is -0.290. The number of halogens is 3. The third kappa shape index (κ3) is 3.34. The van der Waals surface area contributed by atoms with Gasteiger partial charge in [-0.3, -0.25) is 5.32 Å². The Labute approximate surface area is 87.9 Å². The number of alkyl halides is 3. The SMILES string of the molecule is CC1CCC(NC(C)(O)C(F)(F)F)CC1. The zero-order valence-corrected chi connectivity index (χ0v) is 9.06. The molecule has 0 aromatic carbocycles. The van der Waals surface area contributed by atoms with E-state index in [4.69, 9.17) is 0 Å². The molecule has 5 heteroatoms. The van der Waals surface area contributed by atoms with Crippen molar-refractivity contribution in [1.29, 1.82) is 0 Å². The van der Waals surface area contributed by atoms with Crippen LogP contribution in [0.2, 0.25) is 0 Å². The lowest BCUT2D eigenvalue weighted by Crippen LogP contribution is -2.58. The molecule has 1 fully saturated rings. The highest BCUT2D eigenvalue weighted by Crippen LogP contribution is 2.31. The third-order valence-corrected chi connectivity index (χ3v) is 3.05. The summed E-state index contributed by atoms with van der Waals surface area (Å²) in [6.45, 7) is 2.86. The van der Waals surface area contributed by atoms with Gasteiger partial charge in [-0.1, -0.05) is 6.92 Å². The van der Waals surface area contributed by atoms with Crippen molar-refractivity contribution in [2.24, 2.45) is 5.92 Å². The monoisotopic (exact) mass is 225 g/mol. The summed E-state index contributed by atoms with van der Waals surface area (Å²) in [5, 5.41) is 11.5. The molecule has 0 heterocycles. The summed E-state index contributed by atoms with van der Waals surface area (Å²) in [6, 6.07) is -0.224. The van der Waals surface area contributed by atoms with E-state index in [1.807, 2.05) is 0 Å². The van der Waals surface area contributed by atoms with Crippen LogP contribution in [0.15, 0.2) is 0 Å². The van der Waals surface area contributed by atoms with Gasteiger partial charge >= 0.3 is 6.18 Å². The maximum atomic E-state index is 12.4. The van der Waals surface area contributed by atoms with Crippen LogP contribution in [0, 0.1) is 5.92 Å². The number of hydrogen-bond donors (Lipinski definition) is 2. The molecule has 1 rings (SSSR count). The summed E-state index contributed by atoms with van der Waals surface area (Å²) >= 11 is 0. The maximum absolute atomic E-state index is 12.4. The molecule has 0 aromatic rings. The first-order chi connectivity index (χ1) is 6.72. The average Bonchev–Trinajstić information content (AvgIpc) is 2.06. The topological polar surface area (TPSA) is 32.3 Å². The second-order valence-corrected chi connectivity index (χ2v) is 4.67. The van der Waals surface area contributed by atoms with Crippen LogP contribution >= 0.6 is 0 Å². The molecule has 1 saturated carbocycles.